The topological polar surface area (TPSA) is 104 Å². The fourth-order valence-electron chi connectivity index (χ4n) is 1.72. The summed E-state index contributed by atoms with van der Waals surface area (Å²) in [6.45, 7) is 2.32. The molecule has 19 heavy (non-hydrogen) atoms. The van der Waals surface area contributed by atoms with Crippen molar-refractivity contribution in [1.82, 2.24) is 30.1 Å². The molecular weight excluding hydrogens is 246 g/mol. The maximum absolute atomic E-state index is 11.1. The molecule has 0 saturated heterocycles. The smallest absolute Gasteiger partial charge is 0.234 e. The number of hydrogen-bond donors (Lipinski definition) is 2. The van der Waals surface area contributed by atoms with Crippen LogP contribution in [0.15, 0.2) is 12.4 Å². The average Bonchev–Trinajstić information content (AvgIpc) is 3.01. The second kappa shape index (κ2) is 5.61. The van der Waals surface area contributed by atoms with Crippen LogP contribution >= 0.6 is 0 Å². The van der Waals surface area contributed by atoms with Gasteiger partial charge >= 0.3 is 0 Å². The van der Waals surface area contributed by atoms with Crippen molar-refractivity contribution >= 4 is 5.91 Å². The molecule has 8 nitrogen and oxygen atoms in total. The molecule has 102 valence electrons. The number of nitrogens with two attached hydrogens (primary N) is 1. The van der Waals surface area contributed by atoms with Crippen LogP contribution in [0.25, 0.3) is 5.69 Å². The van der Waals surface area contributed by atoms with Crippen molar-refractivity contribution < 1.29 is 4.79 Å². The van der Waals surface area contributed by atoms with Gasteiger partial charge in [0.25, 0.3) is 0 Å². The van der Waals surface area contributed by atoms with Crippen LogP contribution in [0, 0.1) is 0 Å². The normalized spacial score (nSPS) is 10.7. The molecule has 3 N–H and O–H groups in total. The zero-order valence-electron chi connectivity index (χ0n) is 11.0. The molecule has 0 unspecified atom stereocenters. The summed E-state index contributed by atoms with van der Waals surface area (Å²) in [4.78, 5) is 11.1. The van der Waals surface area contributed by atoms with E-state index in [0.29, 0.717) is 12.2 Å². The Hall–Kier alpha value is -2.22. The fraction of sp³-hybridized carbons (Fsp3) is 0.455. The quantitative estimate of drug-likeness (QED) is 0.730. The van der Waals surface area contributed by atoms with Crippen molar-refractivity contribution in [3.05, 3.63) is 23.8 Å². The molecule has 1 amide bonds. The third-order valence-electron chi connectivity index (χ3n) is 2.66. The van der Waals surface area contributed by atoms with Gasteiger partial charge < -0.3 is 11.1 Å². The highest BCUT2D eigenvalue weighted by Crippen LogP contribution is 2.12. The summed E-state index contributed by atoms with van der Waals surface area (Å²) in [5.74, 6) is -0.217. The maximum atomic E-state index is 11.1. The number of carbonyl (C=O) groups is 1. The van der Waals surface area contributed by atoms with Gasteiger partial charge in [0.2, 0.25) is 5.91 Å². The zero-order valence-corrected chi connectivity index (χ0v) is 11.0. The SMILES string of the molecule is CCc1nn(C)cc1-n1cc(CNC(=O)CN)nn1. The van der Waals surface area contributed by atoms with E-state index in [1.54, 1.807) is 15.6 Å². The first-order chi connectivity index (χ1) is 9.13. The van der Waals surface area contributed by atoms with Crippen LogP contribution in [-0.4, -0.2) is 37.2 Å². The summed E-state index contributed by atoms with van der Waals surface area (Å²) < 4.78 is 3.40. The van der Waals surface area contributed by atoms with Crippen molar-refractivity contribution in [3.8, 4) is 5.69 Å². The van der Waals surface area contributed by atoms with Crippen LogP contribution in [0.5, 0.6) is 0 Å². The molecule has 0 atom stereocenters. The largest absolute Gasteiger partial charge is 0.349 e. The Morgan fingerprint density at radius 2 is 2.26 bits per heavy atom. The van der Waals surface area contributed by atoms with Gasteiger partial charge in [-0.05, 0) is 6.42 Å². The predicted molar refractivity (Wildman–Crippen MR) is 68.4 cm³/mol. The van der Waals surface area contributed by atoms with E-state index in [-0.39, 0.29) is 12.5 Å². The summed E-state index contributed by atoms with van der Waals surface area (Å²) in [6.07, 6.45) is 4.47. The number of nitrogens with one attached hydrogen (secondary N) is 1. The lowest BCUT2D eigenvalue weighted by atomic mass is 10.3. The second-order valence-corrected chi connectivity index (χ2v) is 4.12. The monoisotopic (exact) mass is 263 g/mol. The highest BCUT2D eigenvalue weighted by Gasteiger charge is 2.10. The number of aryl methyl sites for hydroxylation is 2. The van der Waals surface area contributed by atoms with E-state index in [2.05, 4.69) is 20.7 Å². The minimum atomic E-state index is -0.217. The Balaban J connectivity index is 2.14. The Labute approximate surface area is 110 Å². The van der Waals surface area contributed by atoms with Crippen molar-refractivity contribution in [2.75, 3.05) is 6.54 Å². The minimum absolute atomic E-state index is 0.0310. The highest BCUT2D eigenvalue weighted by atomic mass is 16.1. The van der Waals surface area contributed by atoms with Gasteiger partial charge in [0, 0.05) is 7.05 Å². The molecule has 2 heterocycles. The molecule has 2 aromatic heterocycles. The molecule has 0 radical (unpaired) electrons. The van der Waals surface area contributed by atoms with Crippen LogP contribution in [0.1, 0.15) is 18.3 Å². The van der Waals surface area contributed by atoms with E-state index in [1.807, 2.05) is 20.2 Å². The molecular formula is C11H17N7O. The van der Waals surface area contributed by atoms with Gasteiger partial charge in [0.15, 0.2) is 0 Å². The zero-order chi connectivity index (χ0) is 13.8. The Bertz CT molecular complexity index is 571. The Morgan fingerprint density at radius 3 is 2.95 bits per heavy atom. The molecule has 0 aliphatic carbocycles. The summed E-state index contributed by atoms with van der Waals surface area (Å²) in [7, 11) is 1.86. The molecule has 2 rings (SSSR count). The lowest BCUT2D eigenvalue weighted by molar-refractivity contribution is -0.119. The first-order valence-corrected chi connectivity index (χ1v) is 6.05. The molecule has 0 aromatic carbocycles. The van der Waals surface area contributed by atoms with E-state index in [9.17, 15) is 4.79 Å². The second-order valence-electron chi connectivity index (χ2n) is 4.12. The molecule has 0 aliphatic rings. The van der Waals surface area contributed by atoms with E-state index < -0.39 is 0 Å². The number of hydrogen-bond acceptors (Lipinski definition) is 5. The summed E-state index contributed by atoms with van der Waals surface area (Å²) in [6, 6.07) is 0. The molecule has 0 aliphatic heterocycles. The number of amides is 1. The molecule has 0 saturated carbocycles. The Kier molecular flexibility index (Phi) is 3.91. The van der Waals surface area contributed by atoms with Gasteiger partial charge in [-0.15, -0.1) is 5.10 Å². The molecule has 0 fully saturated rings. The molecule has 0 spiro atoms. The van der Waals surface area contributed by atoms with Crippen LogP contribution in [0.4, 0.5) is 0 Å². The standard InChI is InChI=1S/C11H17N7O/c1-3-9-10(7-17(2)15-9)18-6-8(14-16-18)5-13-11(19)4-12/h6-7H,3-5,12H2,1-2H3,(H,13,19). The lowest BCUT2D eigenvalue weighted by Gasteiger charge is -1.99. The van der Waals surface area contributed by atoms with Crippen molar-refractivity contribution in [2.24, 2.45) is 12.8 Å². The van der Waals surface area contributed by atoms with E-state index >= 15 is 0 Å². The van der Waals surface area contributed by atoms with Crippen LogP contribution in [0.2, 0.25) is 0 Å². The van der Waals surface area contributed by atoms with E-state index in [4.69, 9.17) is 5.73 Å². The third kappa shape index (κ3) is 2.97. The van der Waals surface area contributed by atoms with E-state index in [0.717, 1.165) is 17.8 Å². The average molecular weight is 263 g/mol. The maximum Gasteiger partial charge on any atom is 0.234 e. The van der Waals surface area contributed by atoms with Crippen molar-refractivity contribution in [3.63, 3.8) is 0 Å². The Morgan fingerprint density at radius 1 is 1.47 bits per heavy atom. The van der Waals surface area contributed by atoms with E-state index in [1.165, 1.54) is 0 Å². The summed E-state index contributed by atoms with van der Waals surface area (Å²) in [5.41, 5.74) is 7.73. The minimum Gasteiger partial charge on any atom is -0.349 e. The van der Waals surface area contributed by atoms with Crippen LogP contribution in [-0.2, 0) is 24.8 Å². The molecule has 0 bridgehead atoms. The number of carbonyl (C=O) groups excluding carboxylic acids is 1. The lowest BCUT2D eigenvalue weighted by Crippen LogP contribution is -2.29. The fourth-order valence-corrected chi connectivity index (χ4v) is 1.72. The summed E-state index contributed by atoms with van der Waals surface area (Å²) in [5, 5.41) is 15.0. The molecule has 8 heteroatoms. The van der Waals surface area contributed by atoms with Gasteiger partial charge in [0.1, 0.15) is 11.4 Å². The van der Waals surface area contributed by atoms with Gasteiger partial charge in [-0.25, -0.2) is 4.68 Å². The molecule has 2 aromatic rings. The number of rotatable bonds is 5. The van der Waals surface area contributed by atoms with Crippen LogP contribution in [0.3, 0.4) is 0 Å². The van der Waals surface area contributed by atoms with Crippen LogP contribution < -0.4 is 11.1 Å². The highest BCUT2D eigenvalue weighted by molar-refractivity contribution is 5.77. The number of nitrogens with zero attached hydrogens (tertiary/aromatic N) is 5. The van der Waals surface area contributed by atoms with Gasteiger partial charge in [0.05, 0.1) is 31.2 Å². The first kappa shape index (κ1) is 13.2. The number of aromatic nitrogens is 5. The van der Waals surface area contributed by atoms with Gasteiger partial charge in [-0.1, -0.05) is 12.1 Å². The third-order valence-corrected chi connectivity index (χ3v) is 2.66. The predicted octanol–water partition coefficient (Wildman–Crippen LogP) is -0.862. The first-order valence-electron chi connectivity index (χ1n) is 6.05. The van der Waals surface area contributed by atoms with Gasteiger partial charge in [-0.3, -0.25) is 9.48 Å². The summed E-state index contributed by atoms with van der Waals surface area (Å²) >= 11 is 0. The van der Waals surface area contributed by atoms with Crippen molar-refractivity contribution in [2.45, 2.75) is 19.9 Å². The van der Waals surface area contributed by atoms with Gasteiger partial charge in [-0.2, -0.15) is 5.10 Å². The van der Waals surface area contributed by atoms with Crippen molar-refractivity contribution in [1.29, 1.82) is 0 Å².